The van der Waals surface area contributed by atoms with Crippen molar-refractivity contribution in [3.63, 3.8) is 0 Å². The number of aromatic nitrogens is 3. The summed E-state index contributed by atoms with van der Waals surface area (Å²) in [6.45, 7) is 1.58. The molecule has 0 unspecified atom stereocenters. The molecule has 106 valence electrons. The van der Waals surface area contributed by atoms with Gasteiger partial charge < -0.3 is 0 Å². The van der Waals surface area contributed by atoms with Crippen molar-refractivity contribution in [1.82, 2.24) is 15.0 Å². The maximum Gasteiger partial charge on any atom is 0.417 e. The Morgan fingerprint density at radius 2 is 1.75 bits per heavy atom. The van der Waals surface area contributed by atoms with Gasteiger partial charge in [0.05, 0.1) is 21.3 Å². The van der Waals surface area contributed by atoms with Gasteiger partial charge in [0.1, 0.15) is 5.69 Å². The Bertz CT molecular complexity index is 651. The second-order valence-corrected chi connectivity index (χ2v) is 4.93. The summed E-state index contributed by atoms with van der Waals surface area (Å²) in [5, 5.41) is -0.0806. The first-order valence-electron chi connectivity index (χ1n) is 5.13. The molecule has 0 amide bonds. The van der Waals surface area contributed by atoms with E-state index in [1.165, 1.54) is 0 Å². The summed E-state index contributed by atoms with van der Waals surface area (Å²) in [7, 11) is 0. The largest absolute Gasteiger partial charge is 0.417 e. The number of aryl methyl sites for hydroxylation is 1. The molecule has 0 atom stereocenters. The molecule has 0 bridgehead atoms. The summed E-state index contributed by atoms with van der Waals surface area (Å²) in [6, 6.07) is 0.755. The van der Waals surface area contributed by atoms with Gasteiger partial charge in [0.25, 0.3) is 0 Å². The Labute approximate surface area is 126 Å². The fourth-order valence-corrected chi connectivity index (χ4v) is 1.94. The number of halogens is 6. The van der Waals surface area contributed by atoms with Crippen molar-refractivity contribution < 1.29 is 13.2 Å². The highest BCUT2D eigenvalue weighted by atomic mass is 35.5. The van der Waals surface area contributed by atoms with Gasteiger partial charge in [-0.2, -0.15) is 13.2 Å². The first-order valence-corrected chi connectivity index (χ1v) is 6.26. The maximum atomic E-state index is 12.5. The van der Waals surface area contributed by atoms with Crippen molar-refractivity contribution >= 4 is 34.8 Å². The van der Waals surface area contributed by atoms with Crippen LogP contribution < -0.4 is 0 Å². The summed E-state index contributed by atoms with van der Waals surface area (Å²) in [6.07, 6.45) is -3.87. The van der Waals surface area contributed by atoms with E-state index in [2.05, 4.69) is 15.0 Å². The summed E-state index contributed by atoms with van der Waals surface area (Å²) in [4.78, 5) is 11.5. The third-order valence-corrected chi connectivity index (χ3v) is 3.47. The molecule has 20 heavy (non-hydrogen) atoms. The Morgan fingerprint density at radius 3 is 2.25 bits per heavy atom. The Hall–Kier alpha value is -1.11. The normalized spacial score (nSPS) is 11.8. The van der Waals surface area contributed by atoms with E-state index in [0.717, 1.165) is 6.07 Å². The molecule has 2 aromatic rings. The summed E-state index contributed by atoms with van der Waals surface area (Å²) in [5.74, 6) is 0.00984. The maximum absolute atomic E-state index is 12.5. The summed E-state index contributed by atoms with van der Waals surface area (Å²) < 4.78 is 37.5. The van der Waals surface area contributed by atoms with Gasteiger partial charge in [-0.1, -0.05) is 34.8 Å². The molecule has 2 heterocycles. The minimum atomic E-state index is -4.52. The quantitative estimate of drug-likeness (QED) is 0.697. The third kappa shape index (κ3) is 2.97. The number of nitrogens with zero attached hydrogens (tertiary/aromatic N) is 3. The Balaban J connectivity index is 2.54. The molecule has 0 aliphatic heterocycles. The molecule has 0 saturated carbocycles. The van der Waals surface area contributed by atoms with Crippen LogP contribution in [0.1, 0.15) is 11.3 Å². The SMILES string of the molecule is Cc1nc(-c2ncc(C(F)(F)F)cc2Cl)nc(Cl)c1Cl. The fraction of sp³-hybridized carbons (Fsp3) is 0.182. The first kappa shape index (κ1) is 15.3. The molecule has 0 aliphatic rings. The second-order valence-electron chi connectivity index (χ2n) is 3.79. The van der Waals surface area contributed by atoms with Gasteiger partial charge in [0, 0.05) is 6.20 Å². The van der Waals surface area contributed by atoms with Crippen LogP contribution in [0.3, 0.4) is 0 Å². The highest BCUT2D eigenvalue weighted by molar-refractivity contribution is 6.41. The molecule has 3 nitrogen and oxygen atoms in total. The van der Waals surface area contributed by atoms with Crippen molar-refractivity contribution in [2.45, 2.75) is 13.1 Å². The van der Waals surface area contributed by atoms with Crippen LogP contribution in [0.4, 0.5) is 13.2 Å². The highest BCUT2D eigenvalue weighted by Gasteiger charge is 2.32. The lowest BCUT2D eigenvalue weighted by Crippen LogP contribution is -2.06. The summed E-state index contributed by atoms with van der Waals surface area (Å²) in [5.41, 5.74) is -0.580. The van der Waals surface area contributed by atoms with Crippen molar-refractivity contribution in [3.05, 3.63) is 38.7 Å². The number of rotatable bonds is 1. The van der Waals surface area contributed by atoms with Gasteiger partial charge in [-0.3, -0.25) is 4.98 Å². The van der Waals surface area contributed by atoms with Gasteiger partial charge in [-0.25, -0.2) is 9.97 Å². The van der Waals surface area contributed by atoms with Crippen LogP contribution in [0.5, 0.6) is 0 Å². The van der Waals surface area contributed by atoms with Gasteiger partial charge in [-0.15, -0.1) is 0 Å². The molecule has 9 heteroatoms. The van der Waals surface area contributed by atoms with E-state index in [0.29, 0.717) is 11.9 Å². The van der Waals surface area contributed by atoms with Crippen LogP contribution in [-0.2, 0) is 6.18 Å². The number of pyridine rings is 1. The zero-order chi connectivity index (χ0) is 15.1. The predicted molar refractivity (Wildman–Crippen MR) is 70.0 cm³/mol. The number of hydrogen-bond donors (Lipinski definition) is 0. The average molecular weight is 343 g/mol. The van der Waals surface area contributed by atoms with E-state index in [1.807, 2.05) is 0 Å². The van der Waals surface area contributed by atoms with E-state index in [4.69, 9.17) is 34.8 Å². The Morgan fingerprint density at radius 1 is 1.10 bits per heavy atom. The van der Waals surface area contributed by atoms with Crippen molar-refractivity contribution in [2.75, 3.05) is 0 Å². The lowest BCUT2D eigenvalue weighted by molar-refractivity contribution is -0.137. The van der Waals surface area contributed by atoms with E-state index < -0.39 is 11.7 Å². The zero-order valence-corrected chi connectivity index (χ0v) is 12.0. The standard InChI is InChI=1S/C11H5Cl3F3N3/c1-4-7(13)9(14)20-10(19-4)8-6(12)2-5(3-18-8)11(15,16)17/h2-3H,1H3. The average Bonchev–Trinajstić information content (AvgIpc) is 2.34. The molecule has 0 saturated heterocycles. The van der Waals surface area contributed by atoms with Crippen molar-refractivity contribution in [1.29, 1.82) is 0 Å². The number of alkyl halides is 3. The third-order valence-electron chi connectivity index (χ3n) is 2.36. The molecular formula is C11H5Cl3F3N3. The smallest absolute Gasteiger partial charge is 0.251 e. The Kier molecular flexibility index (Phi) is 4.09. The van der Waals surface area contributed by atoms with Crippen LogP contribution in [0.25, 0.3) is 11.5 Å². The molecule has 2 rings (SSSR count). The zero-order valence-electron chi connectivity index (χ0n) is 9.76. The van der Waals surface area contributed by atoms with Crippen molar-refractivity contribution in [3.8, 4) is 11.5 Å². The van der Waals surface area contributed by atoms with E-state index in [1.54, 1.807) is 6.92 Å². The molecule has 0 aromatic carbocycles. The van der Waals surface area contributed by atoms with Gasteiger partial charge in [-0.05, 0) is 13.0 Å². The molecular weight excluding hydrogens is 337 g/mol. The van der Waals surface area contributed by atoms with Gasteiger partial charge in [0.15, 0.2) is 11.0 Å². The predicted octanol–water partition coefficient (Wildman–Crippen LogP) is 4.83. The molecule has 0 spiro atoms. The van der Waals surface area contributed by atoms with Crippen LogP contribution in [0, 0.1) is 6.92 Å². The van der Waals surface area contributed by atoms with Crippen LogP contribution in [-0.4, -0.2) is 15.0 Å². The lowest BCUT2D eigenvalue weighted by Gasteiger charge is -2.09. The van der Waals surface area contributed by atoms with Crippen LogP contribution >= 0.6 is 34.8 Å². The minimum Gasteiger partial charge on any atom is -0.251 e. The molecule has 2 aromatic heterocycles. The van der Waals surface area contributed by atoms with Gasteiger partial charge >= 0.3 is 6.18 Å². The van der Waals surface area contributed by atoms with Crippen molar-refractivity contribution in [2.24, 2.45) is 0 Å². The number of hydrogen-bond acceptors (Lipinski definition) is 3. The molecule has 0 radical (unpaired) electrons. The topological polar surface area (TPSA) is 38.7 Å². The molecule has 0 fully saturated rings. The summed E-state index contributed by atoms with van der Waals surface area (Å²) >= 11 is 17.4. The molecule has 0 N–H and O–H groups in total. The van der Waals surface area contributed by atoms with Gasteiger partial charge in [0.2, 0.25) is 0 Å². The lowest BCUT2D eigenvalue weighted by atomic mass is 10.2. The van der Waals surface area contributed by atoms with E-state index >= 15 is 0 Å². The fourth-order valence-electron chi connectivity index (χ4n) is 1.39. The van der Waals surface area contributed by atoms with Crippen LogP contribution in [0.15, 0.2) is 12.3 Å². The molecule has 0 aliphatic carbocycles. The minimum absolute atomic E-state index is 0.00123. The monoisotopic (exact) mass is 341 g/mol. The van der Waals surface area contributed by atoms with E-state index in [-0.39, 0.29) is 26.7 Å². The second kappa shape index (κ2) is 5.35. The van der Waals surface area contributed by atoms with Crippen LogP contribution in [0.2, 0.25) is 15.2 Å². The highest BCUT2D eigenvalue weighted by Crippen LogP contribution is 2.34. The van der Waals surface area contributed by atoms with E-state index in [9.17, 15) is 13.2 Å². The first-order chi connectivity index (χ1) is 9.20.